The average Bonchev–Trinajstić information content (AvgIpc) is 3.49. The second-order valence-electron chi connectivity index (χ2n) is 8.07. The molecule has 2 amide bonds. The van der Waals surface area contributed by atoms with Crippen molar-refractivity contribution in [2.45, 2.75) is 18.8 Å². The van der Waals surface area contributed by atoms with Gasteiger partial charge in [-0.3, -0.25) is 9.59 Å². The first-order valence-electron chi connectivity index (χ1n) is 10.6. The van der Waals surface area contributed by atoms with E-state index in [-0.39, 0.29) is 23.7 Å². The zero-order valence-electron chi connectivity index (χ0n) is 17.8. The molecule has 0 radical (unpaired) electrons. The van der Waals surface area contributed by atoms with Crippen molar-refractivity contribution in [3.05, 3.63) is 58.6 Å². The third-order valence-corrected chi connectivity index (χ3v) is 6.53. The third-order valence-electron chi connectivity index (χ3n) is 6.27. The zero-order chi connectivity index (χ0) is 22.0. The lowest BCUT2D eigenvalue weighted by molar-refractivity contribution is -0.134. The van der Waals surface area contributed by atoms with Gasteiger partial charge in [-0.1, -0.05) is 17.7 Å². The molecule has 2 aromatic rings. The number of hydrogen-bond acceptors (Lipinski definition) is 4. The highest BCUT2D eigenvalue weighted by Gasteiger charge is 2.43. The maximum absolute atomic E-state index is 13.4. The summed E-state index contributed by atoms with van der Waals surface area (Å²) in [6.07, 6.45) is 2.06. The zero-order valence-corrected chi connectivity index (χ0v) is 18.6. The number of carbonyl (C=O) groups excluding carboxylic acids is 2. The van der Waals surface area contributed by atoms with E-state index in [1.165, 1.54) is 0 Å². The van der Waals surface area contributed by atoms with Crippen LogP contribution in [0.4, 0.5) is 0 Å². The van der Waals surface area contributed by atoms with Crippen molar-refractivity contribution in [3.8, 4) is 11.5 Å². The standard InChI is InChI=1S/C24H27ClN2O4/c1-30-18-9-10-19(22(13-18)31-2)20-14-27(23(28)16-5-7-17(25)8-6-16)15-21(20)24(29)26-11-3-4-12-26/h5-10,13,20-21H,3-4,11-12,14-15H2,1-2H3/t20-,21-/m0/s1. The van der Waals surface area contributed by atoms with E-state index >= 15 is 0 Å². The highest BCUT2D eigenvalue weighted by molar-refractivity contribution is 6.30. The predicted molar refractivity (Wildman–Crippen MR) is 119 cm³/mol. The van der Waals surface area contributed by atoms with Crippen LogP contribution in [0.2, 0.25) is 5.02 Å². The number of nitrogens with zero attached hydrogens (tertiary/aromatic N) is 2. The van der Waals surface area contributed by atoms with Crippen LogP contribution >= 0.6 is 11.6 Å². The Labute approximate surface area is 187 Å². The van der Waals surface area contributed by atoms with Crippen LogP contribution in [-0.4, -0.2) is 62.0 Å². The van der Waals surface area contributed by atoms with E-state index in [2.05, 4.69) is 0 Å². The summed E-state index contributed by atoms with van der Waals surface area (Å²) in [6.45, 7) is 2.41. The fourth-order valence-corrected chi connectivity index (χ4v) is 4.73. The molecule has 2 aromatic carbocycles. The molecule has 2 aliphatic heterocycles. The summed E-state index contributed by atoms with van der Waals surface area (Å²) in [6, 6.07) is 12.5. The number of benzene rings is 2. The molecule has 0 spiro atoms. The molecular weight excluding hydrogens is 416 g/mol. The van der Waals surface area contributed by atoms with Gasteiger partial charge in [-0.05, 0) is 43.2 Å². The van der Waals surface area contributed by atoms with E-state index in [1.807, 2.05) is 23.1 Å². The smallest absolute Gasteiger partial charge is 0.253 e. The summed E-state index contributed by atoms with van der Waals surface area (Å²) >= 11 is 5.98. The van der Waals surface area contributed by atoms with Crippen LogP contribution in [0.15, 0.2) is 42.5 Å². The van der Waals surface area contributed by atoms with Gasteiger partial charge < -0.3 is 19.3 Å². The summed E-state index contributed by atoms with van der Waals surface area (Å²) in [5.41, 5.74) is 1.49. The minimum atomic E-state index is -0.309. The highest BCUT2D eigenvalue weighted by Crippen LogP contribution is 2.40. The van der Waals surface area contributed by atoms with Crippen molar-refractivity contribution in [1.29, 1.82) is 0 Å². The number of carbonyl (C=O) groups is 2. The Morgan fingerprint density at radius 2 is 1.65 bits per heavy atom. The minimum Gasteiger partial charge on any atom is -0.497 e. The Balaban J connectivity index is 1.66. The Hall–Kier alpha value is -2.73. The molecule has 4 rings (SSSR count). The van der Waals surface area contributed by atoms with Gasteiger partial charge in [0.1, 0.15) is 11.5 Å². The fourth-order valence-electron chi connectivity index (χ4n) is 4.61. The molecule has 0 unspecified atom stereocenters. The summed E-state index contributed by atoms with van der Waals surface area (Å²) < 4.78 is 11.0. The van der Waals surface area contributed by atoms with Crippen LogP contribution in [0, 0.1) is 5.92 Å². The van der Waals surface area contributed by atoms with E-state index in [1.54, 1.807) is 43.4 Å². The summed E-state index contributed by atoms with van der Waals surface area (Å²) in [5.74, 6) is 0.930. The highest BCUT2D eigenvalue weighted by atomic mass is 35.5. The van der Waals surface area contributed by atoms with Gasteiger partial charge in [0, 0.05) is 54.3 Å². The molecule has 0 bridgehead atoms. The van der Waals surface area contributed by atoms with Gasteiger partial charge in [-0.15, -0.1) is 0 Å². The molecule has 31 heavy (non-hydrogen) atoms. The summed E-state index contributed by atoms with van der Waals surface area (Å²) in [5, 5.41) is 0.584. The average molecular weight is 443 g/mol. The maximum atomic E-state index is 13.4. The van der Waals surface area contributed by atoms with Gasteiger partial charge in [-0.2, -0.15) is 0 Å². The summed E-state index contributed by atoms with van der Waals surface area (Å²) in [7, 11) is 3.22. The molecule has 2 fully saturated rings. The van der Waals surface area contributed by atoms with E-state index in [0.717, 1.165) is 31.5 Å². The molecule has 2 saturated heterocycles. The van der Waals surface area contributed by atoms with Gasteiger partial charge in [0.05, 0.1) is 20.1 Å². The van der Waals surface area contributed by atoms with Crippen molar-refractivity contribution in [2.75, 3.05) is 40.4 Å². The van der Waals surface area contributed by atoms with Gasteiger partial charge in [0.25, 0.3) is 5.91 Å². The lowest BCUT2D eigenvalue weighted by atomic mass is 9.87. The molecule has 2 heterocycles. The Kier molecular flexibility index (Phi) is 6.37. The van der Waals surface area contributed by atoms with Crippen molar-refractivity contribution in [2.24, 2.45) is 5.92 Å². The summed E-state index contributed by atoms with van der Waals surface area (Å²) in [4.78, 5) is 30.3. The molecule has 7 heteroatoms. The first kappa shape index (κ1) is 21.5. The lowest BCUT2D eigenvalue weighted by Crippen LogP contribution is -2.37. The van der Waals surface area contributed by atoms with E-state index in [9.17, 15) is 9.59 Å². The van der Waals surface area contributed by atoms with Crippen LogP contribution in [0.3, 0.4) is 0 Å². The second-order valence-corrected chi connectivity index (χ2v) is 8.51. The molecule has 0 aliphatic carbocycles. The number of methoxy groups -OCH3 is 2. The molecule has 6 nitrogen and oxygen atoms in total. The van der Waals surface area contributed by atoms with E-state index in [4.69, 9.17) is 21.1 Å². The first-order chi connectivity index (χ1) is 15.0. The first-order valence-corrected chi connectivity index (χ1v) is 10.9. The Morgan fingerprint density at radius 3 is 2.29 bits per heavy atom. The number of rotatable bonds is 5. The number of ether oxygens (including phenoxy) is 2. The fraction of sp³-hybridized carbons (Fsp3) is 0.417. The molecular formula is C24H27ClN2O4. The minimum absolute atomic E-state index is 0.0918. The van der Waals surface area contributed by atoms with Crippen LogP contribution in [0.1, 0.15) is 34.7 Å². The van der Waals surface area contributed by atoms with Crippen LogP contribution in [0.5, 0.6) is 11.5 Å². The van der Waals surface area contributed by atoms with Gasteiger partial charge in [0.15, 0.2) is 0 Å². The monoisotopic (exact) mass is 442 g/mol. The number of likely N-dealkylation sites (tertiary alicyclic amines) is 2. The van der Waals surface area contributed by atoms with Crippen LogP contribution < -0.4 is 9.47 Å². The maximum Gasteiger partial charge on any atom is 0.253 e. The van der Waals surface area contributed by atoms with Crippen LogP contribution in [-0.2, 0) is 4.79 Å². The van der Waals surface area contributed by atoms with Crippen molar-refractivity contribution < 1.29 is 19.1 Å². The van der Waals surface area contributed by atoms with Crippen molar-refractivity contribution in [3.63, 3.8) is 0 Å². The van der Waals surface area contributed by atoms with Crippen molar-refractivity contribution in [1.82, 2.24) is 9.80 Å². The normalized spacial score (nSPS) is 20.7. The Morgan fingerprint density at radius 1 is 0.935 bits per heavy atom. The molecule has 164 valence electrons. The lowest BCUT2D eigenvalue weighted by Gasteiger charge is -2.25. The molecule has 2 aliphatic rings. The second kappa shape index (κ2) is 9.18. The number of hydrogen-bond donors (Lipinski definition) is 0. The van der Waals surface area contributed by atoms with Gasteiger partial charge in [0.2, 0.25) is 5.91 Å². The molecule has 0 saturated carbocycles. The van der Waals surface area contributed by atoms with Gasteiger partial charge in [-0.25, -0.2) is 0 Å². The Bertz CT molecular complexity index is 957. The number of amides is 2. The van der Waals surface area contributed by atoms with Crippen molar-refractivity contribution >= 4 is 23.4 Å². The third kappa shape index (κ3) is 4.35. The predicted octanol–water partition coefficient (Wildman–Crippen LogP) is 3.84. The largest absolute Gasteiger partial charge is 0.497 e. The SMILES string of the molecule is COc1ccc([C@@H]2CN(C(=O)c3ccc(Cl)cc3)C[C@@H]2C(=O)N2CCCC2)c(OC)c1. The van der Waals surface area contributed by atoms with Gasteiger partial charge >= 0.3 is 0 Å². The van der Waals surface area contributed by atoms with Crippen LogP contribution in [0.25, 0.3) is 0 Å². The number of halogens is 1. The molecule has 0 aromatic heterocycles. The molecule has 2 atom stereocenters. The van der Waals surface area contributed by atoms with E-state index in [0.29, 0.717) is 35.2 Å². The molecule has 0 N–H and O–H groups in total. The topological polar surface area (TPSA) is 59.1 Å². The van der Waals surface area contributed by atoms with E-state index < -0.39 is 0 Å². The quantitative estimate of drug-likeness (QED) is 0.706.